The number of carbonyl (C=O) groups is 4. The predicted molar refractivity (Wildman–Crippen MR) is 155 cm³/mol. The van der Waals surface area contributed by atoms with Crippen LogP contribution in [-0.4, -0.2) is 99.5 Å². The summed E-state index contributed by atoms with van der Waals surface area (Å²) >= 11 is 0. The van der Waals surface area contributed by atoms with E-state index in [1.165, 1.54) is 12.1 Å². The summed E-state index contributed by atoms with van der Waals surface area (Å²) in [4.78, 5) is 51.9. The molecule has 0 radical (unpaired) electrons. The number of hydrogen-bond acceptors (Lipinski definition) is 7. The number of alkyl halides is 6. The maximum absolute atomic E-state index is 13.4. The summed E-state index contributed by atoms with van der Waals surface area (Å²) in [6.45, 7) is 4.11. The molecule has 2 aromatic carbocycles. The smallest absolute Gasteiger partial charge is 0.475 e. The highest BCUT2D eigenvalue weighted by Gasteiger charge is 2.49. The van der Waals surface area contributed by atoms with Gasteiger partial charge in [0.1, 0.15) is 11.4 Å². The van der Waals surface area contributed by atoms with Gasteiger partial charge in [0.15, 0.2) is 0 Å². The Morgan fingerprint density at radius 3 is 2.06 bits per heavy atom. The number of likely N-dealkylation sites (tertiary alicyclic amines) is 1. The first-order chi connectivity index (χ1) is 22.4. The highest BCUT2D eigenvalue weighted by atomic mass is 19.4. The molecule has 2 aliphatic rings. The maximum atomic E-state index is 13.4. The third kappa shape index (κ3) is 10.3. The van der Waals surface area contributed by atoms with Crippen LogP contribution in [0.1, 0.15) is 28.8 Å². The molecular formula is C30H30F7N5O6. The maximum Gasteiger partial charge on any atom is 0.490 e. The zero-order valence-electron chi connectivity index (χ0n) is 24.9. The SMILES string of the molecule is O=C(NCCN1CCC2(CC1)C(=O)NCN2Cc1cccnc1)c1ccc2cc(F)ccc2c1.O=C(O)C(F)(F)F.O=C(O)C(F)(F)F. The number of pyridine rings is 1. The number of carboxylic acids is 2. The standard InChI is InChI=1S/C26H28FN5O2.2C2HF3O2/c27-23-6-5-20-14-22(4-3-21(20)15-23)24(33)29-10-13-31-11-7-26(8-12-31)25(34)30-18-32(26)17-19-2-1-9-28-16-19;2*3-2(4,5)1(6)7/h1-6,9,14-16H,7-8,10-13,17-18H2,(H,29,33)(H,30,34);2*(H,6,7). The lowest BCUT2D eigenvalue weighted by atomic mass is 9.86. The summed E-state index contributed by atoms with van der Waals surface area (Å²) in [6, 6.07) is 13.8. The van der Waals surface area contributed by atoms with E-state index in [-0.39, 0.29) is 17.6 Å². The number of amides is 2. The summed E-state index contributed by atoms with van der Waals surface area (Å²) in [7, 11) is 0. The lowest BCUT2D eigenvalue weighted by Gasteiger charge is -2.42. The second kappa shape index (κ2) is 15.8. The molecule has 0 bridgehead atoms. The van der Waals surface area contributed by atoms with Crippen molar-refractivity contribution in [3.63, 3.8) is 0 Å². The van der Waals surface area contributed by atoms with Gasteiger partial charge in [0.25, 0.3) is 5.91 Å². The van der Waals surface area contributed by atoms with Crippen LogP contribution in [0.2, 0.25) is 0 Å². The van der Waals surface area contributed by atoms with Gasteiger partial charge in [0.05, 0.1) is 6.67 Å². The molecule has 2 fully saturated rings. The van der Waals surface area contributed by atoms with Crippen molar-refractivity contribution in [2.75, 3.05) is 32.8 Å². The summed E-state index contributed by atoms with van der Waals surface area (Å²) in [5, 5.41) is 21.9. The van der Waals surface area contributed by atoms with Gasteiger partial charge in [-0.05, 0) is 59.5 Å². The van der Waals surface area contributed by atoms with Crippen LogP contribution in [0.25, 0.3) is 10.8 Å². The van der Waals surface area contributed by atoms with Crippen LogP contribution in [0.3, 0.4) is 0 Å². The molecule has 2 saturated heterocycles. The van der Waals surface area contributed by atoms with Crippen LogP contribution in [0.4, 0.5) is 30.7 Å². The number of nitrogens with zero attached hydrogens (tertiary/aromatic N) is 3. The zero-order valence-corrected chi connectivity index (χ0v) is 24.9. The predicted octanol–water partition coefficient (Wildman–Crippen LogP) is 3.79. The summed E-state index contributed by atoms with van der Waals surface area (Å²) in [5.74, 6) is -5.83. The number of rotatable bonds is 6. The van der Waals surface area contributed by atoms with Crippen LogP contribution < -0.4 is 10.6 Å². The number of hydrogen-bond donors (Lipinski definition) is 4. The number of carboxylic acid groups (broad SMARTS) is 2. The number of aromatic nitrogens is 1. The fraction of sp³-hybridized carbons (Fsp3) is 0.367. The summed E-state index contributed by atoms with van der Waals surface area (Å²) in [6.07, 6.45) is -5.05. The van der Waals surface area contributed by atoms with E-state index in [1.54, 1.807) is 30.5 Å². The molecule has 11 nitrogen and oxygen atoms in total. The molecule has 18 heteroatoms. The van der Waals surface area contributed by atoms with Gasteiger partial charge >= 0.3 is 24.3 Å². The number of carbonyl (C=O) groups excluding carboxylic acids is 2. The minimum Gasteiger partial charge on any atom is -0.475 e. The summed E-state index contributed by atoms with van der Waals surface area (Å²) in [5.41, 5.74) is 1.19. The van der Waals surface area contributed by atoms with E-state index < -0.39 is 29.8 Å². The molecule has 48 heavy (non-hydrogen) atoms. The van der Waals surface area contributed by atoms with Crippen LogP contribution >= 0.6 is 0 Å². The van der Waals surface area contributed by atoms with Crippen LogP contribution in [0.5, 0.6) is 0 Å². The van der Waals surface area contributed by atoms with Crippen molar-refractivity contribution in [3.05, 3.63) is 77.9 Å². The second-order valence-electron chi connectivity index (χ2n) is 10.7. The largest absolute Gasteiger partial charge is 0.490 e. The van der Waals surface area contributed by atoms with Gasteiger partial charge in [-0.15, -0.1) is 0 Å². The van der Waals surface area contributed by atoms with Crippen molar-refractivity contribution in [1.82, 2.24) is 25.4 Å². The van der Waals surface area contributed by atoms with Gasteiger partial charge in [0, 0.05) is 50.7 Å². The Hall–Kier alpha value is -4.84. The number of piperidine rings is 1. The molecule has 1 aromatic heterocycles. The Morgan fingerprint density at radius 1 is 0.917 bits per heavy atom. The number of halogens is 7. The van der Waals surface area contributed by atoms with Gasteiger partial charge in [-0.3, -0.25) is 19.5 Å². The zero-order chi connectivity index (χ0) is 35.7. The van der Waals surface area contributed by atoms with Gasteiger partial charge in [-0.1, -0.05) is 18.2 Å². The Kier molecular flexibility index (Phi) is 12.4. The number of fused-ring (bicyclic) bond motifs is 1. The fourth-order valence-electron chi connectivity index (χ4n) is 5.02. The van der Waals surface area contributed by atoms with E-state index in [9.17, 15) is 40.3 Å². The first-order valence-corrected chi connectivity index (χ1v) is 14.1. The van der Waals surface area contributed by atoms with E-state index in [4.69, 9.17) is 19.8 Å². The molecule has 2 aliphatic heterocycles. The molecule has 5 rings (SSSR count). The first kappa shape index (κ1) is 37.6. The molecule has 3 aromatic rings. The topological polar surface area (TPSA) is 152 Å². The quantitative estimate of drug-likeness (QED) is 0.284. The van der Waals surface area contributed by atoms with E-state index in [2.05, 4.69) is 25.4 Å². The average Bonchev–Trinajstić information content (AvgIpc) is 3.31. The third-order valence-corrected chi connectivity index (χ3v) is 7.50. The molecular weight excluding hydrogens is 659 g/mol. The molecule has 0 unspecified atom stereocenters. The first-order valence-electron chi connectivity index (χ1n) is 14.1. The van der Waals surface area contributed by atoms with E-state index in [0.29, 0.717) is 25.3 Å². The van der Waals surface area contributed by atoms with Crippen molar-refractivity contribution < 1.29 is 60.1 Å². The summed E-state index contributed by atoms with van der Waals surface area (Å²) < 4.78 is 76.8. The van der Waals surface area contributed by atoms with Gasteiger partial charge in [-0.2, -0.15) is 26.3 Å². The van der Waals surface area contributed by atoms with Crippen molar-refractivity contribution >= 4 is 34.5 Å². The lowest BCUT2D eigenvalue weighted by Crippen LogP contribution is -2.56. The van der Waals surface area contributed by atoms with E-state index >= 15 is 0 Å². The number of nitrogens with one attached hydrogen (secondary N) is 2. The monoisotopic (exact) mass is 689 g/mol. The van der Waals surface area contributed by atoms with E-state index in [1.807, 2.05) is 18.3 Å². The normalized spacial score (nSPS) is 16.3. The Balaban J connectivity index is 0.000000376. The van der Waals surface area contributed by atoms with Gasteiger partial charge in [-0.25, -0.2) is 14.0 Å². The third-order valence-electron chi connectivity index (χ3n) is 7.50. The minimum atomic E-state index is -5.08. The highest BCUT2D eigenvalue weighted by Crippen LogP contribution is 2.33. The molecule has 0 atom stereocenters. The van der Waals surface area contributed by atoms with Gasteiger partial charge in [0.2, 0.25) is 5.91 Å². The molecule has 2 amide bonds. The van der Waals surface area contributed by atoms with Crippen LogP contribution in [0.15, 0.2) is 60.9 Å². The minimum absolute atomic E-state index is 0.112. The highest BCUT2D eigenvalue weighted by molar-refractivity contribution is 5.98. The van der Waals surface area contributed by atoms with E-state index in [0.717, 1.165) is 48.8 Å². The molecule has 260 valence electrons. The second-order valence-corrected chi connectivity index (χ2v) is 10.7. The van der Waals surface area contributed by atoms with Crippen molar-refractivity contribution in [1.29, 1.82) is 0 Å². The Bertz CT molecular complexity index is 1570. The number of benzene rings is 2. The van der Waals surface area contributed by atoms with Crippen molar-refractivity contribution in [2.24, 2.45) is 0 Å². The lowest BCUT2D eigenvalue weighted by molar-refractivity contribution is -0.193. The van der Waals surface area contributed by atoms with Crippen molar-refractivity contribution in [2.45, 2.75) is 37.3 Å². The molecule has 1 spiro atoms. The van der Waals surface area contributed by atoms with Crippen molar-refractivity contribution in [3.8, 4) is 0 Å². The molecule has 0 aliphatic carbocycles. The average molecular weight is 690 g/mol. The Labute approximate surface area is 268 Å². The Morgan fingerprint density at radius 2 is 1.50 bits per heavy atom. The van der Waals surface area contributed by atoms with Crippen LogP contribution in [0, 0.1) is 5.82 Å². The molecule has 0 saturated carbocycles. The van der Waals surface area contributed by atoms with Crippen LogP contribution in [-0.2, 0) is 20.9 Å². The molecule has 3 heterocycles. The van der Waals surface area contributed by atoms with Gasteiger partial charge < -0.3 is 25.7 Å². The number of aliphatic carboxylic acids is 2. The fourth-order valence-corrected chi connectivity index (χ4v) is 5.02. The molecule has 4 N–H and O–H groups in total.